The van der Waals surface area contributed by atoms with E-state index in [0.717, 1.165) is 23.1 Å². The molecule has 3 rings (SSSR count). The number of nitrogens with zero attached hydrogens (tertiary/aromatic N) is 2. The zero-order chi connectivity index (χ0) is 14.5. The van der Waals surface area contributed by atoms with Crippen LogP contribution in [-0.4, -0.2) is 16.2 Å². The van der Waals surface area contributed by atoms with Gasteiger partial charge < -0.3 is 10.1 Å². The minimum Gasteiger partial charge on any atom is -0.494 e. The van der Waals surface area contributed by atoms with E-state index in [2.05, 4.69) is 10.3 Å². The van der Waals surface area contributed by atoms with Gasteiger partial charge in [-0.25, -0.2) is 4.98 Å². The Kier molecular flexibility index (Phi) is 3.87. The Morgan fingerprint density at radius 1 is 1.10 bits per heavy atom. The van der Waals surface area contributed by atoms with Gasteiger partial charge in [-0.15, -0.1) is 0 Å². The first-order chi connectivity index (χ1) is 10.4. The zero-order valence-corrected chi connectivity index (χ0v) is 11.9. The quantitative estimate of drug-likeness (QED) is 0.767. The van der Waals surface area contributed by atoms with Gasteiger partial charge in [0, 0.05) is 29.8 Å². The molecule has 0 saturated heterocycles. The van der Waals surface area contributed by atoms with Crippen LogP contribution in [0.3, 0.4) is 0 Å². The van der Waals surface area contributed by atoms with E-state index < -0.39 is 0 Å². The van der Waals surface area contributed by atoms with Crippen LogP contribution in [-0.2, 0) is 0 Å². The summed E-state index contributed by atoms with van der Waals surface area (Å²) in [5.41, 5.74) is 2.02. The fraction of sp³-hybridized carbons (Fsp3) is 0.118. The van der Waals surface area contributed by atoms with E-state index >= 15 is 0 Å². The number of benzene rings is 2. The van der Waals surface area contributed by atoms with Crippen molar-refractivity contribution in [3.05, 3.63) is 67.0 Å². The summed E-state index contributed by atoms with van der Waals surface area (Å²) in [7, 11) is 0. The molecule has 0 amide bonds. The molecule has 3 aromatic rings. The smallest absolute Gasteiger partial charge is 0.212 e. The Morgan fingerprint density at radius 2 is 1.95 bits per heavy atom. The predicted molar refractivity (Wildman–Crippen MR) is 84.5 cm³/mol. The second kappa shape index (κ2) is 6.13. The number of para-hydroxylation sites is 1. The normalized spacial score (nSPS) is 10.3. The van der Waals surface area contributed by atoms with E-state index in [9.17, 15) is 0 Å². The molecule has 106 valence electrons. The van der Waals surface area contributed by atoms with E-state index in [-0.39, 0.29) is 0 Å². The van der Waals surface area contributed by atoms with E-state index in [1.165, 1.54) is 0 Å². The van der Waals surface area contributed by atoms with Crippen LogP contribution in [0.2, 0.25) is 0 Å². The summed E-state index contributed by atoms with van der Waals surface area (Å²) in [5, 5.41) is 3.32. The summed E-state index contributed by atoms with van der Waals surface area (Å²) in [4.78, 5) is 4.37. The van der Waals surface area contributed by atoms with Gasteiger partial charge in [0.2, 0.25) is 5.95 Å². The predicted octanol–water partition coefficient (Wildman–Crippen LogP) is 4.01. The molecule has 0 spiro atoms. The number of anilines is 2. The molecule has 1 N–H and O–H groups in total. The molecule has 2 aromatic carbocycles. The van der Waals surface area contributed by atoms with Crippen LogP contribution in [0.25, 0.3) is 5.69 Å². The molecule has 1 aromatic heterocycles. The average molecular weight is 279 g/mol. The Balaban J connectivity index is 1.86. The van der Waals surface area contributed by atoms with Crippen molar-refractivity contribution in [1.29, 1.82) is 0 Å². The SMILES string of the molecule is CCOc1cccc(Nc2nccn2-c2ccccc2)c1. The van der Waals surface area contributed by atoms with Gasteiger partial charge in [-0.05, 0) is 31.2 Å². The lowest BCUT2D eigenvalue weighted by atomic mass is 10.3. The van der Waals surface area contributed by atoms with Crippen molar-refractivity contribution >= 4 is 11.6 Å². The molecule has 4 heteroatoms. The Hall–Kier alpha value is -2.75. The lowest BCUT2D eigenvalue weighted by Gasteiger charge is -2.11. The van der Waals surface area contributed by atoms with Crippen molar-refractivity contribution in [2.75, 3.05) is 11.9 Å². The highest BCUT2D eigenvalue weighted by molar-refractivity contribution is 5.58. The first-order valence-electron chi connectivity index (χ1n) is 6.95. The number of rotatable bonds is 5. The molecule has 0 bridgehead atoms. The van der Waals surface area contributed by atoms with Crippen molar-refractivity contribution in [3.63, 3.8) is 0 Å². The van der Waals surface area contributed by atoms with Gasteiger partial charge in [-0.3, -0.25) is 4.57 Å². The maximum atomic E-state index is 5.51. The van der Waals surface area contributed by atoms with Gasteiger partial charge in [-0.1, -0.05) is 24.3 Å². The minimum atomic E-state index is 0.655. The summed E-state index contributed by atoms with van der Waals surface area (Å²) in [5.74, 6) is 1.62. The van der Waals surface area contributed by atoms with Gasteiger partial charge in [0.1, 0.15) is 5.75 Å². The highest BCUT2D eigenvalue weighted by atomic mass is 16.5. The molecule has 0 atom stereocenters. The molecule has 0 aliphatic rings. The summed E-state index contributed by atoms with van der Waals surface area (Å²) in [6, 6.07) is 18.0. The number of imidazole rings is 1. The summed E-state index contributed by atoms with van der Waals surface area (Å²) in [6.45, 7) is 2.63. The molecule has 0 aliphatic carbocycles. The molecule has 0 aliphatic heterocycles. The van der Waals surface area contributed by atoms with Gasteiger partial charge in [0.25, 0.3) is 0 Å². The third-order valence-corrected chi connectivity index (χ3v) is 3.08. The van der Waals surface area contributed by atoms with E-state index in [1.54, 1.807) is 6.20 Å². The third kappa shape index (κ3) is 3.05. The molecular weight excluding hydrogens is 262 g/mol. The highest BCUT2D eigenvalue weighted by Crippen LogP contribution is 2.22. The van der Waals surface area contributed by atoms with Crippen LogP contribution < -0.4 is 10.1 Å². The number of hydrogen-bond donors (Lipinski definition) is 1. The third-order valence-electron chi connectivity index (χ3n) is 3.08. The molecule has 0 fully saturated rings. The van der Waals surface area contributed by atoms with Gasteiger partial charge >= 0.3 is 0 Å². The Bertz CT molecular complexity index is 707. The number of aromatic nitrogens is 2. The Labute approximate surface area is 124 Å². The zero-order valence-electron chi connectivity index (χ0n) is 11.9. The van der Waals surface area contributed by atoms with Crippen molar-refractivity contribution in [1.82, 2.24) is 9.55 Å². The lowest BCUT2D eigenvalue weighted by molar-refractivity contribution is 0.340. The fourth-order valence-electron chi connectivity index (χ4n) is 2.15. The van der Waals surface area contributed by atoms with Crippen LogP contribution in [0.15, 0.2) is 67.0 Å². The molecule has 21 heavy (non-hydrogen) atoms. The Morgan fingerprint density at radius 3 is 2.76 bits per heavy atom. The molecule has 4 nitrogen and oxygen atoms in total. The van der Waals surface area contributed by atoms with Crippen LogP contribution >= 0.6 is 0 Å². The van der Waals surface area contributed by atoms with Gasteiger partial charge in [0.15, 0.2) is 0 Å². The van der Waals surface area contributed by atoms with Gasteiger partial charge in [0.05, 0.1) is 6.61 Å². The lowest BCUT2D eigenvalue weighted by Crippen LogP contribution is -2.01. The number of hydrogen-bond acceptors (Lipinski definition) is 3. The summed E-state index contributed by atoms with van der Waals surface area (Å²) in [6.07, 6.45) is 3.71. The monoisotopic (exact) mass is 279 g/mol. The summed E-state index contributed by atoms with van der Waals surface area (Å²) >= 11 is 0. The van der Waals surface area contributed by atoms with Gasteiger partial charge in [-0.2, -0.15) is 0 Å². The van der Waals surface area contributed by atoms with E-state index in [4.69, 9.17) is 4.74 Å². The second-order valence-corrected chi connectivity index (χ2v) is 4.54. The maximum Gasteiger partial charge on any atom is 0.212 e. The fourth-order valence-corrected chi connectivity index (χ4v) is 2.15. The van der Waals surface area contributed by atoms with Crippen molar-refractivity contribution < 1.29 is 4.74 Å². The van der Waals surface area contributed by atoms with E-state index in [1.807, 2.05) is 72.3 Å². The van der Waals surface area contributed by atoms with E-state index in [0.29, 0.717) is 6.61 Å². The topological polar surface area (TPSA) is 39.1 Å². The average Bonchev–Trinajstić information content (AvgIpc) is 2.97. The van der Waals surface area contributed by atoms with Crippen molar-refractivity contribution in [3.8, 4) is 11.4 Å². The van der Waals surface area contributed by atoms with Crippen LogP contribution in [0, 0.1) is 0 Å². The van der Waals surface area contributed by atoms with Crippen molar-refractivity contribution in [2.45, 2.75) is 6.92 Å². The maximum absolute atomic E-state index is 5.51. The number of nitrogens with one attached hydrogen (secondary N) is 1. The molecular formula is C17H17N3O. The molecule has 0 radical (unpaired) electrons. The van der Waals surface area contributed by atoms with Crippen LogP contribution in [0.1, 0.15) is 6.92 Å². The second-order valence-electron chi connectivity index (χ2n) is 4.54. The largest absolute Gasteiger partial charge is 0.494 e. The van der Waals surface area contributed by atoms with Crippen LogP contribution in [0.5, 0.6) is 5.75 Å². The minimum absolute atomic E-state index is 0.655. The molecule has 0 saturated carbocycles. The van der Waals surface area contributed by atoms with Crippen LogP contribution in [0.4, 0.5) is 11.6 Å². The first-order valence-corrected chi connectivity index (χ1v) is 6.95. The van der Waals surface area contributed by atoms with Crippen molar-refractivity contribution in [2.24, 2.45) is 0 Å². The number of ether oxygens (including phenoxy) is 1. The molecule has 0 unspecified atom stereocenters. The standard InChI is InChI=1S/C17H17N3O/c1-2-21-16-10-6-7-14(13-16)19-17-18-11-12-20(17)15-8-4-3-5-9-15/h3-13H,2H2,1H3,(H,18,19). The summed E-state index contributed by atoms with van der Waals surface area (Å²) < 4.78 is 7.52. The highest BCUT2D eigenvalue weighted by Gasteiger charge is 2.05. The molecule has 1 heterocycles. The first kappa shape index (κ1) is 13.2.